The summed E-state index contributed by atoms with van der Waals surface area (Å²) in [6, 6.07) is 3.74. The van der Waals surface area contributed by atoms with Crippen LogP contribution in [0.2, 0.25) is 0 Å². The van der Waals surface area contributed by atoms with Gasteiger partial charge in [0.15, 0.2) is 0 Å². The van der Waals surface area contributed by atoms with Crippen LogP contribution in [0.25, 0.3) is 0 Å². The summed E-state index contributed by atoms with van der Waals surface area (Å²) in [6.45, 7) is 8.19. The lowest BCUT2D eigenvalue weighted by molar-refractivity contribution is -0.153. The van der Waals surface area contributed by atoms with Gasteiger partial charge in [-0.15, -0.1) is 0 Å². The number of carbonyl (C=O) groups excluding carboxylic acids is 3. The van der Waals surface area contributed by atoms with Gasteiger partial charge >= 0.3 is 12.1 Å². The molecule has 0 saturated heterocycles. The van der Waals surface area contributed by atoms with Crippen molar-refractivity contribution in [1.82, 2.24) is 10.2 Å². The van der Waals surface area contributed by atoms with Gasteiger partial charge in [-0.1, -0.05) is 12.1 Å². The Hall–Kier alpha value is -2.64. The zero-order valence-corrected chi connectivity index (χ0v) is 16.5. The number of amides is 2. The van der Waals surface area contributed by atoms with E-state index < -0.39 is 41.5 Å². The average molecular weight is 382 g/mol. The minimum atomic E-state index is -0.938. The number of carbonyl (C=O) groups is 3. The van der Waals surface area contributed by atoms with Crippen molar-refractivity contribution >= 4 is 18.0 Å². The van der Waals surface area contributed by atoms with Gasteiger partial charge < -0.3 is 19.7 Å². The monoisotopic (exact) mass is 382 g/mol. The second kappa shape index (κ2) is 9.34. The Balaban J connectivity index is 2.96. The third-order valence-electron chi connectivity index (χ3n) is 3.66. The first-order chi connectivity index (χ1) is 12.4. The van der Waals surface area contributed by atoms with Crippen LogP contribution in [0, 0.1) is 5.82 Å². The predicted octanol–water partition coefficient (Wildman–Crippen LogP) is 2.63. The summed E-state index contributed by atoms with van der Waals surface area (Å²) in [5.74, 6) is -1.50. The van der Waals surface area contributed by atoms with Gasteiger partial charge in [0, 0.05) is 6.54 Å². The summed E-state index contributed by atoms with van der Waals surface area (Å²) < 4.78 is 23.0. The molecule has 0 unspecified atom stereocenters. The summed E-state index contributed by atoms with van der Waals surface area (Å²) >= 11 is 0. The van der Waals surface area contributed by atoms with Crippen LogP contribution in [-0.4, -0.2) is 47.7 Å². The van der Waals surface area contributed by atoms with E-state index in [-0.39, 0.29) is 6.54 Å². The standard InChI is InChI=1S/C19H27FN2O5/c1-12(21-18(25)27-19(3,4)5)16(23)22(13(2)17(24)26-6)11-14-7-9-15(20)10-8-14/h7-10,12-13H,11H2,1-6H3,(H,21,25)/t12-,13+/m1/s1. The summed E-state index contributed by atoms with van der Waals surface area (Å²) in [5.41, 5.74) is -0.0788. The Morgan fingerprint density at radius 3 is 2.19 bits per heavy atom. The van der Waals surface area contributed by atoms with E-state index in [1.165, 1.54) is 50.1 Å². The fourth-order valence-electron chi connectivity index (χ4n) is 2.28. The van der Waals surface area contributed by atoms with Crippen LogP contribution in [0.5, 0.6) is 0 Å². The van der Waals surface area contributed by atoms with Gasteiger partial charge in [0.25, 0.3) is 0 Å². The number of benzene rings is 1. The number of nitrogens with zero attached hydrogens (tertiary/aromatic N) is 1. The quantitative estimate of drug-likeness (QED) is 0.765. The molecule has 0 aromatic heterocycles. The zero-order valence-electron chi connectivity index (χ0n) is 16.5. The number of esters is 1. The van der Waals surface area contributed by atoms with E-state index >= 15 is 0 Å². The van der Waals surface area contributed by atoms with Crippen molar-refractivity contribution in [2.24, 2.45) is 0 Å². The molecule has 2 atom stereocenters. The van der Waals surface area contributed by atoms with E-state index in [0.717, 1.165) is 0 Å². The van der Waals surface area contributed by atoms with Crippen molar-refractivity contribution < 1.29 is 28.2 Å². The molecule has 150 valence electrons. The van der Waals surface area contributed by atoms with Gasteiger partial charge in [-0.3, -0.25) is 4.79 Å². The highest BCUT2D eigenvalue weighted by atomic mass is 19.1. The summed E-state index contributed by atoms with van der Waals surface area (Å²) in [5, 5.41) is 2.46. The summed E-state index contributed by atoms with van der Waals surface area (Å²) in [6.07, 6.45) is -0.740. The number of hydrogen-bond acceptors (Lipinski definition) is 5. The molecule has 27 heavy (non-hydrogen) atoms. The molecule has 1 aromatic carbocycles. The molecule has 0 heterocycles. The average Bonchev–Trinajstić information content (AvgIpc) is 2.57. The van der Waals surface area contributed by atoms with Gasteiger partial charge in [-0.2, -0.15) is 0 Å². The van der Waals surface area contributed by atoms with E-state index in [2.05, 4.69) is 5.32 Å². The number of alkyl carbamates (subject to hydrolysis) is 1. The molecule has 0 fully saturated rings. The van der Waals surface area contributed by atoms with E-state index in [4.69, 9.17) is 9.47 Å². The minimum Gasteiger partial charge on any atom is -0.467 e. The molecule has 1 N–H and O–H groups in total. The van der Waals surface area contributed by atoms with E-state index in [1.54, 1.807) is 20.8 Å². The maximum atomic E-state index is 13.1. The molecule has 0 aliphatic rings. The first-order valence-corrected chi connectivity index (χ1v) is 8.57. The second-order valence-corrected chi connectivity index (χ2v) is 7.16. The lowest BCUT2D eigenvalue weighted by Gasteiger charge is -2.30. The van der Waals surface area contributed by atoms with Crippen molar-refractivity contribution in [3.63, 3.8) is 0 Å². The maximum Gasteiger partial charge on any atom is 0.408 e. The molecular formula is C19H27FN2O5. The van der Waals surface area contributed by atoms with Crippen molar-refractivity contribution in [2.75, 3.05) is 7.11 Å². The molecule has 0 aliphatic heterocycles. The third-order valence-corrected chi connectivity index (χ3v) is 3.66. The van der Waals surface area contributed by atoms with Crippen molar-refractivity contribution in [3.05, 3.63) is 35.6 Å². The number of halogens is 1. The van der Waals surface area contributed by atoms with Crippen LogP contribution in [0.1, 0.15) is 40.2 Å². The topological polar surface area (TPSA) is 84.9 Å². The molecule has 0 saturated carbocycles. The highest BCUT2D eigenvalue weighted by Crippen LogP contribution is 2.13. The van der Waals surface area contributed by atoms with Crippen LogP contribution in [0.3, 0.4) is 0 Å². The summed E-state index contributed by atoms with van der Waals surface area (Å²) in [4.78, 5) is 38.0. The van der Waals surface area contributed by atoms with Crippen LogP contribution >= 0.6 is 0 Å². The zero-order chi connectivity index (χ0) is 20.8. The number of hydrogen-bond donors (Lipinski definition) is 1. The van der Waals surface area contributed by atoms with Gasteiger partial charge in [0.05, 0.1) is 7.11 Å². The second-order valence-electron chi connectivity index (χ2n) is 7.16. The van der Waals surface area contributed by atoms with E-state index in [9.17, 15) is 18.8 Å². The molecule has 2 amide bonds. The van der Waals surface area contributed by atoms with Gasteiger partial charge in [-0.05, 0) is 52.3 Å². The lowest BCUT2D eigenvalue weighted by Crippen LogP contribution is -2.52. The molecule has 1 rings (SSSR count). The van der Waals surface area contributed by atoms with E-state index in [0.29, 0.717) is 5.56 Å². The van der Waals surface area contributed by atoms with Crippen LogP contribution in [-0.2, 0) is 25.6 Å². The number of rotatable bonds is 6. The maximum absolute atomic E-state index is 13.1. The fraction of sp³-hybridized carbons (Fsp3) is 0.526. The number of ether oxygens (including phenoxy) is 2. The smallest absolute Gasteiger partial charge is 0.408 e. The molecule has 1 aromatic rings. The first-order valence-electron chi connectivity index (χ1n) is 8.57. The normalized spacial score (nSPS) is 13.3. The highest BCUT2D eigenvalue weighted by molar-refractivity contribution is 5.89. The van der Waals surface area contributed by atoms with Gasteiger partial charge in [0.1, 0.15) is 23.5 Å². The molecule has 0 aliphatic carbocycles. The van der Waals surface area contributed by atoms with Gasteiger partial charge in [0.2, 0.25) is 5.91 Å². The molecule has 8 heteroatoms. The largest absolute Gasteiger partial charge is 0.467 e. The predicted molar refractivity (Wildman–Crippen MR) is 97.3 cm³/mol. The first kappa shape index (κ1) is 22.4. The molecule has 0 radical (unpaired) electrons. The minimum absolute atomic E-state index is 0.0513. The van der Waals surface area contributed by atoms with Crippen molar-refractivity contribution in [3.8, 4) is 0 Å². The van der Waals surface area contributed by atoms with E-state index in [1.807, 2.05) is 0 Å². The van der Waals surface area contributed by atoms with Crippen molar-refractivity contribution in [1.29, 1.82) is 0 Å². The molecule has 0 bridgehead atoms. The summed E-state index contributed by atoms with van der Waals surface area (Å²) in [7, 11) is 1.22. The highest BCUT2D eigenvalue weighted by Gasteiger charge is 2.31. The van der Waals surface area contributed by atoms with Crippen LogP contribution in [0.15, 0.2) is 24.3 Å². The molecular weight excluding hydrogens is 355 g/mol. The van der Waals surface area contributed by atoms with Gasteiger partial charge in [-0.25, -0.2) is 14.0 Å². The fourth-order valence-corrected chi connectivity index (χ4v) is 2.28. The third kappa shape index (κ3) is 7.24. The Morgan fingerprint density at radius 2 is 1.70 bits per heavy atom. The SMILES string of the molecule is COC(=O)[C@H](C)N(Cc1ccc(F)cc1)C(=O)[C@@H](C)NC(=O)OC(C)(C)C. The van der Waals surface area contributed by atoms with Crippen LogP contribution < -0.4 is 5.32 Å². The van der Waals surface area contributed by atoms with Crippen LogP contribution in [0.4, 0.5) is 9.18 Å². The Bertz CT molecular complexity index is 670. The Labute approximate surface area is 158 Å². The number of nitrogens with one attached hydrogen (secondary N) is 1. The molecule has 0 spiro atoms. The Morgan fingerprint density at radius 1 is 1.15 bits per heavy atom. The molecule has 7 nitrogen and oxygen atoms in total. The Kier molecular flexibility index (Phi) is 7.75. The van der Waals surface area contributed by atoms with Crippen molar-refractivity contribution in [2.45, 2.75) is 58.8 Å². The number of methoxy groups -OCH3 is 1. The lowest BCUT2D eigenvalue weighted by atomic mass is 10.1.